The van der Waals surface area contributed by atoms with Crippen molar-refractivity contribution >= 4 is 5.78 Å². The largest absolute Gasteiger partial charge is 0.326 e. The highest BCUT2D eigenvalue weighted by Gasteiger charge is 2.11. The minimum Gasteiger partial charge on any atom is -0.326 e. The van der Waals surface area contributed by atoms with Gasteiger partial charge in [0.05, 0.1) is 11.8 Å². The Kier molecular flexibility index (Phi) is 4.47. The van der Waals surface area contributed by atoms with Crippen LogP contribution in [0.5, 0.6) is 0 Å². The van der Waals surface area contributed by atoms with Gasteiger partial charge in [0, 0.05) is 25.7 Å². The Hall–Kier alpha value is -1.94. The first kappa shape index (κ1) is 13.5. The van der Waals surface area contributed by atoms with Crippen LogP contribution in [-0.2, 0) is 19.5 Å². The predicted molar refractivity (Wildman–Crippen MR) is 74.9 cm³/mol. The number of carbonyl (C=O) groups is 1. The number of aryl methyl sites for hydroxylation is 1. The van der Waals surface area contributed by atoms with Gasteiger partial charge in [-0.05, 0) is 17.5 Å². The molecule has 4 nitrogen and oxygen atoms in total. The van der Waals surface area contributed by atoms with E-state index < -0.39 is 0 Å². The highest BCUT2D eigenvalue weighted by molar-refractivity contribution is 5.97. The summed E-state index contributed by atoms with van der Waals surface area (Å²) in [5, 5.41) is 4.18. The number of Topliss-reactive ketones (excluding diaryl/α,β-unsaturated/α-hetero) is 1. The third-order valence-electron chi connectivity index (χ3n) is 3.10. The van der Waals surface area contributed by atoms with Crippen LogP contribution >= 0.6 is 0 Å². The summed E-state index contributed by atoms with van der Waals surface area (Å²) >= 11 is 0. The lowest BCUT2D eigenvalue weighted by atomic mass is 10.0. The molecule has 19 heavy (non-hydrogen) atoms. The average molecular weight is 257 g/mol. The Balaban J connectivity index is 2.11. The van der Waals surface area contributed by atoms with E-state index in [0.29, 0.717) is 18.5 Å². The smallest absolute Gasteiger partial charge is 0.170 e. The molecular weight excluding hydrogens is 238 g/mol. The first-order valence-electron chi connectivity index (χ1n) is 6.57. The molecule has 1 aromatic heterocycles. The zero-order chi connectivity index (χ0) is 13.7. The summed E-state index contributed by atoms with van der Waals surface area (Å²) < 4.78 is 1.81. The van der Waals surface area contributed by atoms with Crippen molar-refractivity contribution in [2.24, 2.45) is 5.73 Å². The third kappa shape index (κ3) is 3.29. The van der Waals surface area contributed by atoms with Crippen molar-refractivity contribution in [1.29, 1.82) is 0 Å². The summed E-state index contributed by atoms with van der Waals surface area (Å²) in [6.07, 6.45) is 4.84. The van der Waals surface area contributed by atoms with Crippen LogP contribution in [0.25, 0.3) is 0 Å². The van der Waals surface area contributed by atoms with E-state index in [9.17, 15) is 4.79 Å². The molecule has 4 heteroatoms. The molecule has 0 saturated carbocycles. The predicted octanol–water partition coefficient (Wildman–Crippen LogP) is 2.18. The molecule has 0 spiro atoms. The van der Waals surface area contributed by atoms with Gasteiger partial charge in [-0.2, -0.15) is 5.10 Å². The fourth-order valence-corrected chi connectivity index (χ4v) is 2.06. The van der Waals surface area contributed by atoms with Crippen molar-refractivity contribution in [2.75, 3.05) is 0 Å². The lowest BCUT2D eigenvalue weighted by Gasteiger charge is -2.05. The lowest BCUT2D eigenvalue weighted by molar-refractivity contribution is 0.0992. The maximum atomic E-state index is 12.2. The van der Waals surface area contributed by atoms with Crippen LogP contribution in [-0.4, -0.2) is 15.6 Å². The van der Waals surface area contributed by atoms with Crippen LogP contribution < -0.4 is 5.73 Å². The van der Waals surface area contributed by atoms with Crippen molar-refractivity contribution < 1.29 is 4.79 Å². The maximum Gasteiger partial charge on any atom is 0.170 e. The van der Waals surface area contributed by atoms with Crippen LogP contribution in [0.15, 0.2) is 36.7 Å². The Labute approximate surface area is 113 Å². The molecule has 100 valence electrons. The molecule has 0 amide bonds. The van der Waals surface area contributed by atoms with Crippen LogP contribution in [0.3, 0.4) is 0 Å². The number of nitrogens with zero attached hydrogens (tertiary/aromatic N) is 2. The van der Waals surface area contributed by atoms with E-state index in [2.05, 4.69) is 12.0 Å². The van der Waals surface area contributed by atoms with Crippen molar-refractivity contribution in [2.45, 2.75) is 32.9 Å². The molecule has 2 aromatic rings. The monoisotopic (exact) mass is 257 g/mol. The summed E-state index contributed by atoms with van der Waals surface area (Å²) in [4.78, 5) is 12.2. The van der Waals surface area contributed by atoms with Crippen LogP contribution in [0, 0.1) is 0 Å². The molecule has 0 fully saturated rings. The minimum atomic E-state index is 0.0863. The van der Waals surface area contributed by atoms with E-state index in [4.69, 9.17) is 5.73 Å². The van der Waals surface area contributed by atoms with E-state index in [1.165, 1.54) is 0 Å². The molecule has 2 rings (SSSR count). The topological polar surface area (TPSA) is 60.9 Å². The zero-order valence-electron chi connectivity index (χ0n) is 11.2. The van der Waals surface area contributed by atoms with Gasteiger partial charge in [0.15, 0.2) is 5.78 Å². The summed E-state index contributed by atoms with van der Waals surface area (Å²) in [5.41, 5.74) is 8.37. The maximum absolute atomic E-state index is 12.2. The molecule has 0 aliphatic rings. The second kappa shape index (κ2) is 6.29. The van der Waals surface area contributed by atoms with Crippen LogP contribution in [0.2, 0.25) is 0 Å². The number of rotatable bonds is 6. The van der Waals surface area contributed by atoms with E-state index in [0.717, 1.165) is 24.1 Å². The second-order valence-corrected chi connectivity index (χ2v) is 4.56. The number of aromatic nitrogens is 2. The fourth-order valence-electron chi connectivity index (χ4n) is 2.06. The van der Waals surface area contributed by atoms with Gasteiger partial charge in [-0.3, -0.25) is 9.48 Å². The number of carbonyl (C=O) groups excluding carboxylic acids is 1. The van der Waals surface area contributed by atoms with Gasteiger partial charge < -0.3 is 5.73 Å². The highest BCUT2D eigenvalue weighted by Crippen LogP contribution is 2.12. The Morgan fingerprint density at radius 1 is 1.32 bits per heavy atom. The molecule has 0 bridgehead atoms. The minimum absolute atomic E-state index is 0.0863. The van der Waals surface area contributed by atoms with Gasteiger partial charge in [-0.1, -0.05) is 31.2 Å². The fraction of sp³-hybridized carbons (Fsp3) is 0.333. The molecule has 0 aliphatic carbocycles. The standard InChI is InChI=1S/C15H19N3O/c1-2-7-18-11-14(10-17-18)15(19)8-12-5-3-4-6-13(12)9-16/h3-6,10-11H,2,7-9,16H2,1H3. The Morgan fingerprint density at radius 3 is 2.74 bits per heavy atom. The molecule has 0 saturated heterocycles. The third-order valence-corrected chi connectivity index (χ3v) is 3.10. The summed E-state index contributed by atoms with van der Waals surface area (Å²) in [5.74, 6) is 0.0863. The van der Waals surface area contributed by atoms with Gasteiger partial charge >= 0.3 is 0 Å². The molecule has 1 aromatic carbocycles. The Bertz CT molecular complexity index is 560. The molecule has 2 N–H and O–H groups in total. The van der Waals surface area contributed by atoms with Gasteiger partial charge in [0.2, 0.25) is 0 Å². The zero-order valence-corrected chi connectivity index (χ0v) is 11.2. The number of nitrogens with two attached hydrogens (primary N) is 1. The summed E-state index contributed by atoms with van der Waals surface area (Å²) in [6.45, 7) is 3.38. The number of hydrogen-bond acceptors (Lipinski definition) is 3. The SMILES string of the molecule is CCCn1cc(C(=O)Cc2ccccc2CN)cn1. The van der Waals surface area contributed by atoms with Gasteiger partial charge in [-0.25, -0.2) is 0 Å². The summed E-state index contributed by atoms with van der Waals surface area (Å²) in [7, 11) is 0. The molecule has 0 radical (unpaired) electrons. The van der Waals surface area contributed by atoms with E-state index in [-0.39, 0.29) is 5.78 Å². The normalized spacial score (nSPS) is 10.6. The number of ketones is 1. The first-order chi connectivity index (χ1) is 9.24. The van der Waals surface area contributed by atoms with Crippen molar-refractivity contribution in [3.05, 3.63) is 53.3 Å². The van der Waals surface area contributed by atoms with E-state index in [1.54, 1.807) is 6.20 Å². The average Bonchev–Trinajstić information content (AvgIpc) is 2.88. The number of hydrogen-bond donors (Lipinski definition) is 1. The van der Waals surface area contributed by atoms with Gasteiger partial charge in [0.1, 0.15) is 0 Å². The quantitative estimate of drug-likeness (QED) is 0.807. The highest BCUT2D eigenvalue weighted by atomic mass is 16.1. The van der Waals surface area contributed by atoms with E-state index >= 15 is 0 Å². The lowest BCUT2D eigenvalue weighted by Crippen LogP contribution is -2.07. The molecule has 1 heterocycles. The number of benzene rings is 1. The molecular formula is C15H19N3O. The van der Waals surface area contributed by atoms with Crippen molar-refractivity contribution in [3.8, 4) is 0 Å². The van der Waals surface area contributed by atoms with Crippen LogP contribution in [0.4, 0.5) is 0 Å². The van der Waals surface area contributed by atoms with E-state index in [1.807, 2.05) is 35.1 Å². The second-order valence-electron chi connectivity index (χ2n) is 4.56. The summed E-state index contributed by atoms with van der Waals surface area (Å²) in [6, 6.07) is 7.79. The van der Waals surface area contributed by atoms with Crippen molar-refractivity contribution in [1.82, 2.24) is 9.78 Å². The Morgan fingerprint density at radius 2 is 2.05 bits per heavy atom. The molecule has 0 unspecified atom stereocenters. The van der Waals surface area contributed by atoms with Gasteiger partial charge in [-0.15, -0.1) is 0 Å². The molecule has 0 atom stereocenters. The van der Waals surface area contributed by atoms with Gasteiger partial charge in [0.25, 0.3) is 0 Å². The van der Waals surface area contributed by atoms with Crippen LogP contribution in [0.1, 0.15) is 34.8 Å². The molecule has 0 aliphatic heterocycles. The first-order valence-corrected chi connectivity index (χ1v) is 6.57. The van der Waals surface area contributed by atoms with Crippen molar-refractivity contribution in [3.63, 3.8) is 0 Å².